The molecule has 6 nitrogen and oxygen atoms in total. The van der Waals surface area contributed by atoms with Crippen molar-refractivity contribution < 1.29 is 18.7 Å². The minimum absolute atomic E-state index is 0.00375. The summed E-state index contributed by atoms with van der Waals surface area (Å²) in [6, 6.07) is 6.39. The maximum atomic E-state index is 14.4. The van der Waals surface area contributed by atoms with Gasteiger partial charge in [0.15, 0.2) is 3.92 Å². The van der Waals surface area contributed by atoms with Crippen LogP contribution in [0.15, 0.2) is 28.2 Å². The van der Waals surface area contributed by atoms with E-state index in [2.05, 4.69) is 20.9 Å². The molecule has 0 unspecified atom stereocenters. The molecular formula is C21H25BrFN3O3S. The first-order chi connectivity index (χ1) is 14.2. The third-order valence-electron chi connectivity index (χ3n) is 5.27. The highest BCUT2D eigenvalue weighted by molar-refractivity contribution is 9.11. The standard InChI is InChI=1S/C21H25BrFN3O3S/c1-21(2,29-20(24)28)11-10-13-7-5-6-12-26(13)18(27)16-17(30-19(22)25-16)14-8-3-4-9-15(14)23/h3-4,8-9,13H,5-7,10-12H2,1-2H3,(H2,24,28)/t13-/m0/s1. The lowest BCUT2D eigenvalue weighted by atomic mass is 9.92. The number of nitrogens with zero attached hydrogens (tertiary/aromatic N) is 2. The number of nitrogens with two attached hydrogens (primary N) is 1. The van der Waals surface area contributed by atoms with Gasteiger partial charge in [0.25, 0.3) is 5.91 Å². The number of primary amides is 1. The average Bonchev–Trinajstić information content (AvgIpc) is 3.07. The molecule has 0 aliphatic carbocycles. The molecule has 2 heterocycles. The van der Waals surface area contributed by atoms with Gasteiger partial charge in [0.2, 0.25) is 0 Å². The van der Waals surface area contributed by atoms with Gasteiger partial charge in [-0.1, -0.05) is 18.2 Å². The lowest BCUT2D eigenvalue weighted by Gasteiger charge is -2.37. The van der Waals surface area contributed by atoms with Crippen molar-refractivity contribution in [3.8, 4) is 10.4 Å². The molecule has 2 amide bonds. The number of carbonyl (C=O) groups is 2. The van der Waals surface area contributed by atoms with Crippen LogP contribution in [0.1, 0.15) is 56.4 Å². The number of thiazole rings is 1. The maximum absolute atomic E-state index is 14.4. The van der Waals surface area contributed by atoms with Gasteiger partial charge >= 0.3 is 6.09 Å². The van der Waals surface area contributed by atoms with Gasteiger partial charge in [-0.15, -0.1) is 11.3 Å². The summed E-state index contributed by atoms with van der Waals surface area (Å²) in [6.45, 7) is 4.23. The molecule has 1 aromatic carbocycles. The van der Waals surface area contributed by atoms with E-state index in [0.717, 1.165) is 19.3 Å². The maximum Gasteiger partial charge on any atom is 0.405 e. The molecule has 1 aliphatic rings. The highest BCUT2D eigenvalue weighted by Gasteiger charge is 2.33. The summed E-state index contributed by atoms with van der Waals surface area (Å²) in [5.41, 5.74) is 5.08. The van der Waals surface area contributed by atoms with E-state index in [1.165, 1.54) is 17.4 Å². The molecular weight excluding hydrogens is 473 g/mol. The second-order valence-electron chi connectivity index (χ2n) is 7.99. The van der Waals surface area contributed by atoms with E-state index in [9.17, 15) is 14.0 Å². The second-order valence-corrected chi connectivity index (χ2v) is 10.3. The predicted molar refractivity (Wildman–Crippen MR) is 118 cm³/mol. The van der Waals surface area contributed by atoms with Gasteiger partial charge in [0.05, 0.1) is 4.88 Å². The Kier molecular flexibility index (Phi) is 7.13. The van der Waals surface area contributed by atoms with Crippen molar-refractivity contribution in [2.75, 3.05) is 6.54 Å². The lowest BCUT2D eigenvalue weighted by molar-refractivity contribution is 0.0251. The van der Waals surface area contributed by atoms with Gasteiger partial charge in [-0.05, 0) is 67.9 Å². The fourth-order valence-electron chi connectivity index (χ4n) is 3.81. The Morgan fingerprint density at radius 2 is 2.10 bits per heavy atom. The van der Waals surface area contributed by atoms with Gasteiger partial charge < -0.3 is 15.4 Å². The Labute approximate surface area is 187 Å². The number of amides is 2. The van der Waals surface area contributed by atoms with Crippen molar-refractivity contribution in [3.05, 3.63) is 39.7 Å². The van der Waals surface area contributed by atoms with E-state index < -0.39 is 11.7 Å². The number of hydrogen-bond donors (Lipinski definition) is 1. The SMILES string of the molecule is CC(C)(CC[C@@H]1CCCCN1C(=O)c1nc(Br)sc1-c1ccccc1F)OC(N)=O. The zero-order valence-electron chi connectivity index (χ0n) is 17.0. The van der Waals surface area contributed by atoms with Gasteiger partial charge in [0, 0.05) is 18.2 Å². The number of halogens is 2. The minimum atomic E-state index is -0.807. The first-order valence-corrected chi connectivity index (χ1v) is 11.5. The second kappa shape index (κ2) is 9.43. The third-order valence-corrected chi connectivity index (χ3v) is 6.81. The average molecular weight is 498 g/mol. The van der Waals surface area contributed by atoms with Crippen LogP contribution in [0.5, 0.6) is 0 Å². The van der Waals surface area contributed by atoms with E-state index in [0.29, 0.717) is 33.7 Å². The number of carbonyl (C=O) groups excluding carboxylic acids is 2. The monoisotopic (exact) mass is 497 g/mol. The quantitative estimate of drug-likeness (QED) is 0.581. The van der Waals surface area contributed by atoms with Crippen molar-refractivity contribution in [2.45, 2.75) is 57.6 Å². The van der Waals surface area contributed by atoms with Crippen LogP contribution in [0.4, 0.5) is 9.18 Å². The van der Waals surface area contributed by atoms with Crippen LogP contribution in [-0.2, 0) is 4.74 Å². The fourth-order valence-corrected chi connectivity index (χ4v) is 5.28. The molecule has 0 bridgehead atoms. The Hall–Kier alpha value is -2.00. The largest absolute Gasteiger partial charge is 0.444 e. The number of aromatic nitrogens is 1. The summed E-state index contributed by atoms with van der Waals surface area (Å²) in [5, 5.41) is 0. The molecule has 1 fully saturated rings. The molecule has 1 atom stereocenters. The summed E-state index contributed by atoms with van der Waals surface area (Å²) >= 11 is 4.59. The molecule has 1 aliphatic heterocycles. The molecule has 2 N–H and O–H groups in total. The van der Waals surface area contributed by atoms with Gasteiger partial charge in [-0.2, -0.15) is 0 Å². The smallest absolute Gasteiger partial charge is 0.405 e. The van der Waals surface area contributed by atoms with Crippen molar-refractivity contribution in [1.29, 1.82) is 0 Å². The van der Waals surface area contributed by atoms with Crippen molar-refractivity contribution in [1.82, 2.24) is 9.88 Å². The van der Waals surface area contributed by atoms with E-state index in [1.54, 1.807) is 32.0 Å². The Bertz CT molecular complexity index is 934. The molecule has 1 aromatic heterocycles. The highest BCUT2D eigenvalue weighted by Crippen LogP contribution is 2.36. The summed E-state index contributed by atoms with van der Waals surface area (Å²) in [6.07, 6.45) is 3.23. The van der Waals surface area contributed by atoms with E-state index >= 15 is 0 Å². The first-order valence-electron chi connectivity index (χ1n) is 9.88. The van der Waals surface area contributed by atoms with Crippen LogP contribution in [0, 0.1) is 5.82 Å². The third kappa shape index (κ3) is 5.37. The van der Waals surface area contributed by atoms with Crippen molar-refractivity contribution >= 4 is 39.3 Å². The van der Waals surface area contributed by atoms with Crippen LogP contribution in [0.25, 0.3) is 10.4 Å². The van der Waals surface area contributed by atoms with Gasteiger partial charge in [-0.25, -0.2) is 14.2 Å². The predicted octanol–water partition coefficient (Wildman–Crippen LogP) is 5.36. The van der Waals surface area contributed by atoms with Gasteiger partial charge in [-0.3, -0.25) is 4.79 Å². The summed E-state index contributed by atoms with van der Waals surface area (Å²) in [7, 11) is 0. The zero-order chi connectivity index (χ0) is 21.9. The molecule has 30 heavy (non-hydrogen) atoms. The van der Waals surface area contributed by atoms with Crippen molar-refractivity contribution in [2.24, 2.45) is 5.73 Å². The molecule has 0 spiro atoms. The minimum Gasteiger partial charge on any atom is -0.444 e. The van der Waals surface area contributed by atoms with Crippen LogP contribution in [0.3, 0.4) is 0 Å². The normalized spacial score (nSPS) is 17.1. The topological polar surface area (TPSA) is 85.5 Å². The summed E-state index contributed by atoms with van der Waals surface area (Å²) in [4.78, 5) is 31.3. The molecule has 0 radical (unpaired) electrons. The molecule has 9 heteroatoms. The molecule has 3 rings (SSSR count). The van der Waals surface area contributed by atoms with Crippen LogP contribution in [0.2, 0.25) is 0 Å². The van der Waals surface area contributed by atoms with Crippen LogP contribution < -0.4 is 5.73 Å². The number of piperidine rings is 1. The first kappa shape index (κ1) is 22.7. The molecule has 2 aromatic rings. The number of rotatable bonds is 6. The fraction of sp³-hybridized carbons (Fsp3) is 0.476. The summed E-state index contributed by atoms with van der Waals surface area (Å²) in [5.74, 6) is -0.586. The van der Waals surface area contributed by atoms with Gasteiger partial charge in [0.1, 0.15) is 17.1 Å². The van der Waals surface area contributed by atoms with Crippen molar-refractivity contribution in [3.63, 3.8) is 0 Å². The number of hydrogen-bond acceptors (Lipinski definition) is 5. The zero-order valence-corrected chi connectivity index (χ0v) is 19.4. The van der Waals surface area contributed by atoms with E-state index in [4.69, 9.17) is 10.5 Å². The lowest BCUT2D eigenvalue weighted by Crippen LogP contribution is -2.45. The van der Waals surface area contributed by atoms with Crippen LogP contribution in [-0.4, -0.2) is 40.1 Å². The number of likely N-dealkylation sites (tertiary alicyclic amines) is 1. The number of benzene rings is 1. The Morgan fingerprint density at radius 3 is 2.80 bits per heavy atom. The Morgan fingerprint density at radius 1 is 1.37 bits per heavy atom. The molecule has 162 valence electrons. The Balaban J connectivity index is 1.83. The summed E-state index contributed by atoms with van der Waals surface area (Å²) < 4.78 is 20.1. The number of ether oxygens (including phenoxy) is 1. The molecule has 0 saturated carbocycles. The van der Waals surface area contributed by atoms with E-state index in [1.807, 2.05) is 4.90 Å². The van der Waals surface area contributed by atoms with Crippen LogP contribution >= 0.6 is 27.3 Å². The molecule has 1 saturated heterocycles. The van der Waals surface area contributed by atoms with E-state index in [-0.39, 0.29) is 23.5 Å². The highest BCUT2D eigenvalue weighted by atomic mass is 79.9.